The van der Waals surface area contributed by atoms with Gasteiger partial charge in [-0.3, -0.25) is 4.79 Å². The number of carbonyl (C=O) groups is 1. The normalized spacial score (nSPS) is 11.0. The number of aromatic nitrogens is 1. The van der Waals surface area contributed by atoms with Gasteiger partial charge in [0, 0.05) is 0 Å². The quantitative estimate of drug-likeness (QED) is 0.250. The van der Waals surface area contributed by atoms with Crippen molar-refractivity contribution in [3.63, 3.8) is 0 Å². The number of benzene rings is 3. The van der Waals surface area contributed by atoms with Crippen LogP contribution >= 0.6 is 23.1 Å². The lowest BCUT2D eigenvalue weighted by molar-refractivity contribution is -0.118. The average molecular weight is 420 g/mol. The van der Waals surface area contributed by atoms with Crippen molar-refractivity contribution in [3.8, 4) is 11.5 Å². The zero-order valence-corrected chi connectivity index (χ0v) is 17.0. The zero-order chi connectivity index (χ0) is 19.9. The first kappa shape index (κ1) is 19.2. The summed E-state index contributed by atoms with van der Waals surface area (Å²) in [6.07, 6.45) is 1.60. The van der Waals surface area contributed by atoms with E-state index in [1.54, 1.807) is 17.6 Å². The molecule has 0 bridgehead atoms. The highest BCUT2D eigenvalue weighted by Crippen LogP contribution is 2.29. The van der Waals surface area contributed by atoms with Gasteiger partial charge in [0.2, 0.25) is 0 Å². The summed E-state index contributed by atoms with van der Waals surface area (Å²) >= 11 is 2.99. The Bertz CT molecular complexity index is 1090. The van der Waals surface area contributed by atoms with Gasteiger partial charge in [-0.1, -0.05) is 42.1 Å². The lowest BCUT2D eigenvalue weighted by atomic mass is 10.2. The second-order valence-corrected chi connectivity index (χ2v) is 8.27. The van der Waals surface area contributed by atoms with Crippen molar-refractivity contribution in [1.29, 1.82) is 0 Å². The molecule has 0 saturated heterocycles. The lowest BCUT2D eigenvalue weighted by Crippen LogP contribution is -2.19. The number of thiazole rings is 1. The van der Waals surface area contributed by atoms with Gasteiger partial charge < -0.3 is 4.74 Å². The van der Waals surface area contributed by atoms with Crippen molar-refractivity contribution in [2.45, 2.75) is 4.34 Å². The summed E-state index contributed by atoms with van der Waals surface area (Å²) in [5.74, 6) is 1.62. The molecule has 0 spiro atoms. The number of para-hydroxylation sites is 2. The molecule has 0 atom stereocenters. The highest BCUT2D eigenvalue weighted by atomic mass is 32.2. The third-order valence-electron chi connectivity index (χ3n) is 3.86. The van der Waals surface area contributed by atoms with E-state index < -0.39 is 0 Å². The number of amides is 1. The van der Waals surface area contributed by atoms with Crippen LogP contribution in [0.3, 0.4) is 0 Å². The molecule has 144 valence electrons. The van der Waals surface area contributed by atoms with E-state index in [4.69, 9.17) is 4.74 Å². The van der Waals surface area contributed by atoms with Crippen LogP contribution in [-0.2, 0) is 4.79 Å². The lowest BCUT2D eigenvalue weighted by Gasteiger charge is -2.05. The molecule has 5 nitrogen and oxygen atoms in total. The van der Waals surface area contributed by atoms with Crippen molar-refractivity contribution < 1.29 is 9.53 Å². The number of thioether (sulfide) groups is 1. The largest absolute Gasteiger partial charge is 0.457 e. The molecule has 7 heteroatoms. The summed E-state index contributed by atoms with van der Waals surface area (Å²) in [6, 6.07) is 25.0. The number of hydrogen-bond acceptors (Lipinski definition) is 6. The van der Waals surface area contributed by atoms with Gasteiger partial charge in [0.25, 0.3) is 5.91 Å². The molecule has 0 fully saturated rings. The summed E-state index contributed by atoms with van der Waals surface area (Å²) in [4.78, 5) is 16.5. The minimum absolute atomic E-state index is 0.172. The Balaban J connectivity index is 1.25. The maximum Gasteiger partial charge on any atom is 0.250 e. The second-order valence-electron chi connectivity index (χ2n) is 6.01. The van der Waals surface area contributed by atoms with Crippen molar-refractivity contribution in [2.75, 3.05) is 5.75 Å². The van der Waals surface area contributed by atoms with Gasteiger partial charge in [-0.05, 0) is 54.1 Å². The molecule has 29 heavy (non-hydrogen) atoms. The molecule has 0 saturated carbocycles. The van der Waals surface area contributed by atoms with E-state index in [0.29, 0.717) is 0 Å². The Hall–Kier alpha value is -3.16. The Kier molecular flexibility index (Phi) is 6.19. The van der Waals surface area contributed by atoms with Gasteiger partial charge in [0.1, 0.15) is 11.5 Å². The monoisotopic (exact) mass is 419 g/mol. The average Bonchev–Trinajstić information content (AvgIpc) is 3.17. The van der Waals surface area contributed by atoms with Crippen LogP contribution in [0.4, 0.5) is 0 Å². The third-order valence-corrected chi connectivity index (χ3v) is 6.04. The van der Waals surface area contributed by atoms with Crippen molar-refractivity contribution in [1.82, 2.24) is 10.4 Å². The van der Waals surface area contributed by atoms with E-state index in [1.165, 1.54) is 11.8 Å². The molecular weight excluding hydrogens is 402 g/mol. The fourth-order valence-electron chi connectivity index (χ4n) is 2.50. The summed E-state index contributed by atoms with van der Waals surface area (Å²) in [5.41, 5.74) is 4.37. The summed E-state index contributed by atoms with van der Waals surface area (Å²) in [5, 5.41) is 4.01. The minimum atomic E-state index is -0.172. The molecule has 1 N–H and O–H groups in total. The fourth-order valence-corrected chi connectivity index (χ4v) is 4.36. The van der Waals surface area contributed by atoms with Gasteiger partial charge in [-0.25, -0.2) is 10.4 Å². The summed E-state index contributed by atoms with van der Waals surface area (Å²) in [6.45, 7) is 0. The highest BCUT2D eigenvalue weighted by Gasteiger charge is 2.07. The van der Waals surface area contributed by atoms with E-state index >= 15 is 0 Å². The molecule has 0 aliphatic carbocycles. The summed E-state index contributed by atoms with van der Waals surface area (Å²) < 4.78 is 7.74. The fraction of sp³-hybridized carbons (Fsp3) is 0.0455. The molecule has 0 aliphatic heterocycles. The van der Waals surface area contributed by atoms with Crippen molar-refractivity contribution in [2.24, 2.45) is 5.10 Å². The second kappa shape index (κ2) is 9.36. The number of nitrogens with one attached hydrogen (secondary N) is 1. The molecule has 1 heterocycles. The SMILES string of the molecule is O=C(CSc1nc2ccccc2s1)N/N=C/c1ccc(Oc2ccccc2)cc1. The van der Waals surface area contributed by atoms with Crippen LogP contribution in [0.5, 0.6) is 11.5 Å². The maximum atomic E-state index is 12.0. The first-order chi connectivity index (χ1) is 14.3. The van der Waals surface area contributed by atoms with Crippen LogP contribution in [0.25, 0.3) is 10.2 Å². The van der Waals surface area contributed by atoms with Gasteiger partial charge in [0.05, 0.1) is 22.2 Å². The zero-order valence-electron chi connectivity index (χ0n) is 15.3. The topological polar surface area (TPSA) is 63.6 Å². The predicted octanol–water partition coefficient (Wildman–Crippen LogP) is 5.33. The molecular formula is C22H17N3O2S2. The number of carbonyl (C=O) groups excluding carboxylic acids is 1. The Morgan fingerprint density at radius 2 is 1.72 bits per heavy atom. The Labute approximate surface area is 176 Å². The van der Waals surface area contributed by atoms with Gasteiger partial charge in [-0.15, -0.1) is 11.3 Å². The smallest absolute Gasteiger partial charge is 0.250 e. The third kappa shape index (κ3) is 5.43. The van der Waals surface area contributed by atoms with Crippen molar-refractivity contribution in [3.05, 3.63) is 84.4 Å². The standard InChI is InChI=1S/C22H17N3O2S2/c26-21(15-28-22-24-19-8-4-5-9-20(19)29-22)25-23-14-16-10-12-18(13-11-16)27-17-6-2-1-3-7-17/h1-14H,15H2,(H,25,26)/b23-14+. The van der Waals surface area contributed by atoms with Crippen LogP contribution in [0.15, 0.2) is 88.3 Å². The van der Waals surface area contributed by atoms with Crippen LogP contribution in [0, 0.1) is 0 Å². The molecule has 4 rings (SSSR count). The number of fused-ring (bicyclic) bond motifs is 1. The van der Waals surface area contributed by atoms with Gasteiger partial charge in [-0.2, -0.15) is 5.10 Å². The minimum Gasteiger partial charge on any atom is -0.457 e. The summed E-state index contributed by atoms with van der Waals surface area (Å²) in [7, 11) is 0. The first-order valence-corrected chi connectivity index (χ1v) is 10.7. The maximum absolute atomic E-state index is 12.0. The van der Waals surface area contributed by atoms with Crippen LogP contribution < -0.4 is 10.2 Å². The van der Waals surface area contributed by atoms with E-state index in [2.05, 4.69) is 15.5 Å². The predicted molar refractivity (Wildman–Crippen MR) is 119 cm³/mol. The number of nitrogens with zero attached hydrogens (tertiary/aromatic N) is 2. The Morgan fingerprint density at radius 1 is 1.00 bits per heavy atom. The Morgan fingerprint density at radius 3 is 2.52 bits per heavy atom. The van der Waals surface area contributed by atoms with E-state index in [-0.39, 0.29) is 11.7 Å². The molecule has 0 unspecified atom stereocenters. The number of hydrazone groups is 1. The van der Waals surface area contributed by atoms with Gasteiger partial charge in [0.15, 0.2) is 4.34 Å². The van der Waals surface area contributed by atoms with E-state index in [1.807, 2.05) is 78.9 Å². The van der Waals surface area contributed by atoms with Crippen molar-refractivity contribution >= 4 is 45.4 Å². The number of hydrogen-bond donors (Lipinski definition) is 1. The highest BCUT2D eigenvalue weighted by molar-refractivity contribution is 8.01. The molecule has 3 aromatic carbocycles. The molecule has 4 aromatic rings. The van der Waals surface area contributed by atoms with Crippen LogP contribution in [0.2, 0.25) is 0 Å². The molecule has 0 aliphatic rings. The number of rotatable bonds is 7. The van der Waals surface area contributed by atoms with Crippen LogP contribution in [0.1, 0.15) is 5.56 Å². The van der Waals surface area contributed by atoms with Crippen LogP contribution in [-0.4, -0.2) is 22.9 Å². The molecule has 0 radical (unpaired) electrons. The number of ether oxygens (including phenoxy) is 1. The molecule has 1 amide bonds. The van der Waals surface area contributed by atoms with E-state index in [0.717, 1.165) is 31.6 Å². The molecule has 1 aromatic heterocycles. The van der Waals surface area contributed by atoms with E-state index in [9.17, 15) is 4.79 Å². The van der Waals surface area contributed by atoms with Gasteiger partial charge >= 0.3 is 0 Å². The first-order valence-electron chi connectivity index (χ1n) is 8.89.